The van der Waals surface area contributed by atoms with Crippen LogP contribution >= 0.6 is 11.3 Å². The third kappa shape index (κ3) is 4.70. The molecule has 46 heavy (non-hydrogen) atoms. The van der Waals surface area contributed by atoms with Crippen LogP contribution in [0.1, 0.15) is 86.1 Å². The molecule has 0 bridgehead atoms. The number of thiophene rings is 1. The Bertz CT molecular complexity index is 1730. The molecule has 0 radical (unpaired) electrons. The van der Waals surface area contributed by atoms with Gasteiger partial charge in [-0.1, -0.05) is 5.16 Å². The number of anilines is 2. The van der Waals surface area contributed by atoms with Gasteiger partial charge in [-0.25, -0.2) is 9.37 Å². The van der Waals surface area contributed by atoms with Gasteiger partial charge in [-0.15, -0.1) is 11.3 Å². The fraction of sp³-hybridized carbons (Fsp3) is 0.636. The second kappa shape index (κ2) is 10.9. The number of nitriles is 1. The minimum absolute atomic E-state index is 0.0365. The molecule has 244 valence electrons. The number of ether oxygens (including phenoxy) is 1. The van der Waals surface area contributed by atoms with Crippen LogP contribution in [0.4, 0.5) is 19.6 Å². The number of aromatic nitrogens is 3. The van der Waals surface area contributed by atoms with Gasteiger partial charge in [0.1, 0.15) is 23.3 Å². The van der Waals surface area contributed by atoms with E-state index < -0.39 is 23.5 Å². The molecule has 5 aliphatic rings. The van der Waals surface area contributed by atoms with Gasteiger partial charge in [-0.05, 0) is 84.2 Å². The second-order valence-corrected chi connectivity index (χ2v) is 15.4. The minimum Gasteiger partial charge on any atom is -0.471 e. The molecule has 10 nitrogen and oxygen atoms in total. The van der Waals surface area contributed by atoms with Crippen LogP contribution in [-0.2, 0) is 18.3 Å². The van der Waals surface area contributed by atoms with E-state index in [0.717, 1.165) is 66.7 Å². The highest BCUT2D eigenvalue weighted by Gasteiger charge is 2.50. The van der Waals surface area contributed by atoms with Gasteiger partial charge in [-0.3, -0.25) is 4.90 Å². The van der Waals surface area contributed by atoms with E-state index in [1.54, 1.807) is 0 Å². The van der Waals surface area contributed by atoms with Crippen LogP contribution in [0.25, 0.3) is 11.5 Å². The number of likely N-dealkylation sites (N-methyl/N-ethyl adjacent to an activating group) is 1. The zero-order valence-corrected chi connectivity index (χ0v) is 27.4. The molecule has 3 aromatic heterocycles. The van der Waals surface area contributed by atoms with Crippen LogP contribution in [0.2, 0.25) is 0 Å². The number of fused-ring (bicyclic) bond motifs is 4. The molecule has 3 N–H and O–H groups in total. The van der Waals surface area contributed by atoms with Gasteiger partial charge in [0.15, 0.2) is 23.1 Å². The van der Waals surface area contributed by atoms with E-state index in [2.05, 4.69) is 28.5 Å². The van der Waals surface area contributed by atoms with E-state index in [0.29, 0.717) is 48.7 Å². The summed E-state index contributed by atoms with van der Waals surface area (Å²) in [5, 5.41) is 18.9. The standard InChI is InChI=1S/C33H40F2N8O2S/c1-17-14-43(16-32(40-17)10-11-32)30-25(35)31(44-18(2)22-12-19(34)15-42(22)3)39-29(38-30)26-20-6-4-8-33(27(20)45-41-26)9-5-7-23-24(33)21(13-36)28(37)46-23/h17-19,22,40H,4-12,14-16,37H2,1-3H3/t17-,18-,19+,22-,33-/m0/s1. The highest BCUT2D eigenvalue weighted by molar-refractivity contribution is 7.16. The van der Waals surface area contributed by atoms with Gasteiger partial charge in [0.2, 0.25) is 5.82 Å². The van der Waals surface area contributed by atoms with Crippen LogP contribution < -0.4 is 20.7 Å². The summed E-state index contributed by atoms with van der Waals surface area (Å²) in [4.78, 5) is 14.6. The Kier molecular flexibility index (Phi) is 7.08. The number of likely N-dealkylation sites (tertiary alicyclic amines) is 1. The molecule has 8 rings (SSSR count). The zero-order chi connectivity index (χ0) is 32.0. The maximum atomic E-state index is 16.5. The molecular weight excluding hydrogens is 610 g/mol. The summed E-state index contributed by atoms with van der Waals surface area (Å²) in [6.45, 7) is 5.48. The Balaban J connectivity index is 1.23. The van der Waals surface area contributed by atoms with Crippen LogP contribution in [-0.4, -0.2) is 76.6 Å². The van der Waals surface area contributed by atoms with E-state index in [1.165, 1.54) is 11.3 Å². The number of nitrogen functional groups attached to an aromatic ring is 1. The van der Waals surface area contributed by atoms with Crippen LogP contribution in [0, 0.1) is 17.1 Å². The Morgan fingerprint density at radius 3 is 2.70 bits per heavy atom. The lowest BCUT2D eigenvalue weighted by molar-refractivity contribution is 0.112. The van der Waals surface area contributed by atoms with Crippen molar-refractivity contribution in [3.8, 4) is 23.5 Å². The summed E-state index contributed by atoms with van der Waals surface area (Å²) >= 11 is 1.50. The molecule has 5 heterocycles. The first-order valence-electron chi connectivity index (χ1n) is 16.5. The zero-order valence-electron chi connectivity index (χ0n) is 26.5. The van der Waals surface area contributed by atoms with Gasteiger partial charge < -0.3 is 25.2 Å². The van der Waals surface area contributed by atoms with Gasteiger partial charge in [0, 0.05) is 47.7 Å². The molecule has 2 aliphatic heterocycles. The van der Waals surface area contributed by atoms with Crippen molar-refractivity contribution in [2.24, 2.45) is 0 Å². The van der Waals surface area contributed by atoms with E-state index in [9.17, 15) is 9.65 Å². The number of nitrogens with zero attached hydrogens (tertiary/aromatic N) is 6. The summed E-state index contributed by atoms with van der Waals surface area (Å²) in [7, 11) is 1.86. The van der Waals surface area contributed by atoms with Crippen LogP contribution in [0.3, 0.4) is 0 Å². The number of nitrogens with two attached hydrogens (primary N) is 1. The summed E-state index contributed by atoms with van der Waals surface area (Å²) in [5.74, 6) is 0.411. The summed E-state index contributed by atoms with van der Waals surface area (Å²) in [5.41, 5.74) is 8.72. The minimum atomic E-state index is -0.950. The monoisotopic (exact) mass is 650 g/mol. The average Bonchev–Trinajstić information content (AvgIpc) is 3.31. The van der Waals surface area contributed by atoms with E-state index in [1.807, 2.05) is 23.8 Å². The van der Waals surface area contributed by atoms with Crippen molar-refractivity contribution in [1.82, 2.24) is 25.3 Å². The van der Waals surface area contributed by atoms with E-state index >= 15 is 4.39 Å². The SMILES string of the molecule is C[C@H](Oc1nc(-c2noc3c2CCC[C@@]32CCCc3sc(N)c(C#N)c32)nc(N2C[C@H](C)NC3(CC3)C2)c1F)[C@@H]1C[C@@H](F)CN1C. The molecule has 0 unspecified atom stereocenters. The van der Waals surface area contributed by atoms with Crippen molar-refractivity contribution in [1.29, 1.82) is 5.26 Å². The topological polar surface area (TPSA) is 129 Å². The largest absolute Gasteiger partial charge is 0.471 e. The molecule has 2 saturated heterocycles. The second-order valence-electron chi connectivity index (χ2n) is 14.2. The molecular formula is C33H40F2N8O2S. The maximum absolute atomic E-state index is 16.5. The molecule has 0 aromatic carbocycles. The molecule has 13 heteroatoms. The predicted octanol–water partition coefficient (Wildman–Crippen LogP) is 4.88. The van der Waals surface area contributed by atoms with Crippen molar-refractivity contribution in [2.45, 2.75) is 107 Å². The van der Waals surface area contributed by atoms with Crippen molar-refractivity contribution in [2.75, 3.05) is 37.3 Å². The fourth-order valence-corrected chi connectivity index (χ4v) is 9.94. The van der Waals surface area contributed by atoms with Crippen molar-refractivity contribution in [3.05, 3.63) is 33.1 Å². The highest BCUT2D eigenvalue weighted by atomic mass is 32.1. The molecule has 0 amide bonds. The van der Waals surface area contributed by atoms with Crippen molar-refractivity contribution < 1.29 is 18.0 Å². The van der Waals surface area contributed by atoms with E-state index in [-0.39, 0.29) is 35.1 Å². The smallest absolute Gasteiger partial charge is 0.256 e. The lowest BCUT2D eigenvalue weighted by Gasteiger charge is -2.39. The molecule has 2 spiro atoms. The van der Waals surface area contributed by atoms with Gasteiger partial charge >= 0.3 is 0 Å². The number of rotatable bonds is 5. The Labute approximate surface area is 271 Å². The first kappa shape index (κ1) is 30.0. The number of nitrogens with one attached hydrogen (secondary N) is 1. The van der Waals surface area contributed by atoms with Gasteiger partial charge in [-0.2, -0.15) is 14.6 Å². The number of alkyl halides is 1. The Morgan fingerprint density at radius 1 is 1.20 bits per heavy atom. The normalized spacial score (nSPS) is 29.0. The quantitative estimate of drug-likeness (QED) is 0.394. The first-order chi connectivity index (χ1) is 22.1. The third-order valence-corrected chi connectivity index (χ3v) is 12.0. The maximum Gasteiger partial charge on any atom is 0.256 e. The summed E-state index contributed by atoms with van der Waals surface area (Å²) in [6, 6.07) is 2.31. The molecule has 3 aromatic rings. The van der Waals surface area contributed by atoms with Gasteiger partial charge in [0.25, 0.3) is 5.88 Å². The fourth-order valence-electron chi connectivity index (χ4n) is 8.78. The lowest BCUT2D eigenvalue weighted by atomic mass is 9.63. The number of hydrogen-bond acceptors (Lipinski definition) is 11. The predicted molar refractivity (Wildman–Crippen MR) is 170 cm³/mol. The first-order valence-corrected chi connectivity index (χ1v) is 17.4. The molecule has 3 fully saturated rings. The average molecular weight is 651 g/mol. The number of piperazine rings is 1. The molecule has 3 aliphatic carbocycles. The van der Waals surface area contributed by atoms with Crippen molar-refractivity contribution in [3.63, 3.8) is 0 Å². The Hall–Kier alpha value is -3.34. The molecule has 1 saturated carbocycles. The van der Waals surface area contributed by atoms with E-state index in [4.69, 9.17) is 20.0 Å². The summed E-state index contributed by atoms with van der Waals surface area (Å²) < 4.78 is 43.2. The van der Waals surface area contributed by atoms with Crippen molar-refractivity contribution >= 4 is 22.2 Å². The Morgan fingerprint density at radius 2 is 1.98 bits per heavy atom. The number of halogens is 2. The van der Waals surface area contributed by atoms with Crippen LogP contribution in [0.5, 0.6) is 5.88 Å². The lowest BCUT2D eigenvalue weighted by Crippen LogP contribution is -2.57. The highest BCUT2D eigenvalue weighted by Crippen LogP contribution is 2.55. The molecule has 5 atom stereocenters. The van der Waals surface area contributed by atoms with Crippen LogP contribution in [0.15, 0.2) is 4.52 Å². The third-order valence-electron chi connectivity index (χ3n) is 11.0. The number of aryl methyl sites for hydroxylation is 1. The summed E-state index contributed by atoms with van der Waals surface area (Å²) in [6.07, 6.45) is 6.01. The van der Waals surface area contributed by atoms with Gasteiger partial charge in [0.05, 0.1) is 11.0 Å². The number of hydrogen-bond donors (Lipinski definition) is 2.